The second kappa shape index (κ2) is 5.56. The molecule has 1 aliphatic heterocycles. The fourth-order valence-corrected chi connectivity index (χ4v) is 2.86. The van der Waals surface area contributed by atoms with Gasteiger partial charge in [-0.3, -0.25) is 10.1 Å². The summed E-state index contributed by atoms with van der Waals surface area (Å²) < 4.78 is 0. The maximum Gasteiger partial charge on any atom is 0.323 e. The van der Waals surface area contributed by atoms with Crippen LogP contribution in [0, 0.1) is 19.8 Å². The molecule has 1 unspecified atom stereocenters. The minimum absolute atomic E-state index is 0.264. The highest BCUT2D eigenvalue weighted by atomic mass is 32.1. The number of amides is 2. The molecule has 0 bridgehead atoms. The Morgan fingerprint density at radius 1 is 1.47 bits per heavy atom. The molecule has 0 spiro atoms. The Morgan fingerprint density at radius 3 is 2.79 bits per heavy atom. The van der Waals surface area contributed by atoms with Gasteiger partial charge in [0.15, 0.2) is 5.13 Å². The number of nitrogens with zero attached hydrogens (tertiary/aromatic N) is 2. The molecule has 2 rings (SSSR count). The summed E-state index contributed by atoms with van der Waals surface area (Å²) in [6.07, 6.45) is 1.36. The van der Waals surface area contributed by atoms with Crippen LogP contribution < -0.4 is 5.32 Å². The van der Waals surface area contributed by atoms with Crippen molar-refractivity contribution in [1.29, 1.82) is 0 Å². The van der Waals surface area contributed by atoms with Crippen LogP contribution in [-0.2, 0) is 4.79 Å². The van der Waals surface area contributed by atoms with Gasteiger partial charge < -0.3 is 10.0 Å². The molecule has 1 aromatic rings. The summed E-state index contributed by atoms with van der Waals surface area (Å²) in [7, 11) is 0. The number of likely N-dealkylation sites (tertiary alicyclic amines) is 1. The summed E-state index contributed by atoms with van der Waals surface area (Å²) in [4.78, 5) is 29.9. The zero-order valence-electron chi connectivity index (χ0n) is 11.0. The van der Waals surface area contributed by atoms with Gasteiger partial charge >= 0.3 is 12.0 Å². The SMILES string of the molecule is Cc1nc(NC(=O)N2CCCC(C(=O)O)C2)sc1C. The van der Waals surface area contributed by atoms with Crippen molar-refractivity contribution < 1.29 is 14.7 Å². The van der Waals surface area contributed by atoms with Crippen molar-refractivity contribution >= 4 is 28.5 Å². The van der Waals surface area contributed by atoms with Crippen LogP contribution in [0.5, 0.6) is 0 Å². The first-order chi connectivity index (χ1) is 8.97. The molecule has 7 heteroatoms. The highest BCUT2D eigenvalue weighted by Crippen LogP contribution is 2.22. The van der Waals surface area contributed by atoms with Crippen molar-refractivity contribution in [3.8, 4) is 0 Å². The number of rotatable bonds is 2. The fraction of sp³-hybridized carbons (Fsp3) is 0.583. The summed E-state index contributed by atoms with van der Waals surface area (Å²) in [5, 5.41) is 12.3. The van der Waals surface area contributed by atoms with E-state index in [1.165, 1.54) is 11.3 Å². The number of piperidine rings is 1. The van der Waals surface area contributed by atoms with Gasteiger partial charge in [0, 0.05) is 18.0 Å². The molecule has 2 N–H and O–H groups in total. The van der Waals surface area contributed by atoms with E-state index in [1.807, 2.05) is 13.8 Å². The molecular formula is C12H17N3O3S. The van der Waals surface area contributed by atoms with Crippen LogP contribution in [0.3, 0.4) is 0 Å². The van der Waals surface area contributed by atoms with E-state index >= 15 is 0 Å². The number of aromatic nitrogens is 1. The van der Waals surface area contributed by atoms with Crippen molar-refractivity contribution in [2.24, 2.45) is 5.92 Å². The second-order valence-electron chi connectivity index (χ2n) is 4.71. The van der Waals surface area contributed by atoms with Gasteiger partial charge in [0.2, 0.25) is 0 Å². The molecule has 2 heterocycles. The molecule has 1 fully saturated rings. The van der Waals surface area contributed by atoms with E-state index in [1.54, 1.807) is 4.90 Å². The van der Waals surface area contributed by atoms with Gasteiger partial charge in [-0.15, -0.1) is 11.3 Å². The first-order valence-corrected chi connectivity index (χ1v) is 7.02. The average Bonchev–Trinajstić information content (AvgIpc) is 2.68. The van der Waals surface area contributed by atoms with Crippen molar-refractivity contribution in [3.05, 3.63) is 10.6 Å². The number of carboxylic acids is 1. The maximum absolute atomic E-state index is 12.0. The first-order valence-electron chi connectivity index (χ1n) is 6.20. The molecule has 1 aliphatic rings. The molecule has 6 nitrogen and oxygen atoms in total. The molecule has 1 atom stereocenters. The van der Waals surface area contributed by atoms with Gasteiger partial charge in [-0.2, -0.15) is 0 Å². The van der Waals surface area contributed by atoms with E-state index in [0.29, 0.717) is 18.1 Å². The number of urea groups is 1. The van der Waals surface area contributed by atoms with Gasteiger partial charge in [-0.1, -0.05) is 0 Å². The van der Waals surface area contributed by atoms with Crippen molar-refractivity contribution in [1.82, 2.24) is 9.88 Å². The average molecular weight is 283 g/mol. The van der Waals surface area contributed by atoms with Crippen molar-refractivity contribution in [3.63, 3.8) is 0 Å². The standard InChI is InChI=1S/C12H17N3O3S/c1-7-8(2)19-11(13-7)14-12(18)15-5-3-4-9(6-15)10(16)17/h9H,3-6H2,1-2H3,(H,16,17)(H,13,14,18). The van der Waals surface area contributed by atoms with Crippen molar-refractivity contribution in [2.45, 2.75) is 26.7 Å². The van der Waals surface area contributed by atoms with Gasteiger partial charge in [-0.05, 0) is 26.7 Å². The molecule has 19 heavy (non-hydrogen) atoms. The zero-order chi connectivity index (χ0) is 14.0. The second-order valence-corrected chi connectivity index (χ2v) is 5.92. The van der Waals surface area contributed by atoms with Crippen LogP contribution in [0.25, 0.3) is 0 Å². The number of carbonyl (C=O) groups is 2. The number of hydrogen-bond acceptors (Lipinski definition) is 4. The third kappa shape index (κ3) is 3.23. The van der Waals surface area contributed by atoms with E-state index in [9.17, 15) is 9.59 Å². The fourth-order valence-electron chi connectivity index (χ4n) is 2.06. The minimum atomic E-state index is -0.835. The Bertz CT molecular complexity index is 481. The molecular weight excluding hydrogens is 266 g/mol. The van der Waals surface area contributed by atoms with Gasteiger partial charge in [0.25, 0.3) is 0 Å². The summed E-state index contributed by atoms with van der Waals surface area (Å²) in [6.45, 7) is 4.70. The van der Waals surface area contributed by atoms with Crippen LogP contribution in [0.2, 0.25) is 0 Å². The smallest absolute Gasteiger partial charge is 0.323 e. The number of anilines is 1. The first kappa shape index (κ1) is 13.8. The van der Waals surface area contributed by atoms with Crippen LogP contribution in [0.4, 0.5) is 9.93 Å². The van der Waals surface area contributed by atoms with Crippen LogP contribution in [-0.4, -0.2) is 40.1 Å². The molecule has 0 aromatic carbocycles. The monoisotopic (exact) mass is 283 g/mol. The lowest BCUT2D eigenvalue weighted by Crippen LogP contribution is -2.44. The summed E-state index contributed by atoms with van der Waals surface area (Å²) in [5.41, 5.74) is 0.905. The molecule has 0 saturated carbocycles. The molecule has 0 radical (unpaired) electrons. The van der Waals surface area contributed by atoms with Crippen molar-refractivity contribution in [2.75, 3.05) is 18.4 Å². The molecule has 1 saturated heterocycles. The third-order valence-corrected chi connectivity index (χ3v) is 4.29. The topological polar surface area (TPSA) is 82.5 Å². The van der Waals surface area contributed by atoms with E-state index in [2.05, 4.69) is 10.3 Å². The molecule has 1 aromatic heterocycles. The van der Waals surface area contributed by atoms with Crippen LogP contribution in [0.1, 0.15) is 23.4 Å². The Labute approximate surface area is 115 Å². The Balaban J connectivity index is 1.97. The predicted octanol–water partition coefficient (Wildman–Crippen LogP) is 2.09. The number of nitrogens with one attached hydrogen (secondary N) is 1. The Hall–Kier alpha value is -1.63. The highest BCUT2D eigenvalue weighted by molar-refractivity contribution is 7.15. The number of carbonyl (C=O) groups excluding carboxylic acids is 1. The molecule has 2 amide bonds. The lowest BCUT2D eigenvalue weighted by Gasteiger charge is -2.30. The quantitative estimate of drug-likeness (QED) is 0.870. The Morgan fingerprint density at radius 2 is 2.21 bits per heavy atom. The summed E-state index contributed by atoms with van der Waals surface area (Å²) >= 11 is 1.43. The maximum atomic E-state index is 12.0. The number of aryl methyl sites for hydroxylation is 2. The largest absolute Gasteiger partial charge is 0.481 e. The van der Waals surface area contributed by atoms with Crippen LogP contribution in [0.15, 0.2) is 0 Å². The number of hydrogen-bond donors (Lipinski definition) is 2. The molecule has 104 valence electrons. The molecule has 0 aliphatic carbocycles. The van der Waals surface area contributed by atoms with Gasteiger partial charge in [0.05, 0.1) is 11.6 Å². The number of aliphatic carboxylic acids is 1. The minimum Gasteiger partial charge on any atom is -0.481 e. The van der Waals surface area contributed by atoms with Crippen LogP contribution >= 0.6 is 11.3 Å². The lowest BCUT2D eigenvalue weighted by molar-refractivity contribution is -0.143. The predicted molar refractivity (Wildman–Crippen MR) is 72.5 cm³/mol. The van der Waals surface area contributed by atoms with E-state index in [0.717, 1.165) is 17.0 Å². The van der Waals surface area contributed by atoms with E-state index < -0.39 is 11.9 Å². The highest BCUT2D eigenvalue weighted by Gasteiger charge is 2.28. The summed E-state index contributed by atoms with van der Waals surface area (Å²) in [5.74, 6) is -1.29. The van der Waals surface area contributed by atoms with E-state index in [4.69, 9.17) is 5.11 Å². The van der Waals surface area contributed by atoms with Gasteiger partial charge in [-0.25, -0.2) is 9.78 Å². The normalized spacial score (nSPS) is 19.3. The number of carboxylic acid groups (broad SMARTS) is 1. The Kier molecular flexibility index (Phi) is 4.04. The third-order valence-electron chi connectivity index (χ3n) is 3.30. The zero-order valence-corrected chi connectivity index (χ0v) is 11.8. The van der Waals surface area contributed by atoms with E-state index in [-0.39, 0.29) is 12.6 Å². The number of thiazole rings is 1. The lowest BCUT2D eigenvalue weighted by atomic mass is 9.99. The summed E-state index contributed by atoms with van der Waals surface area (Å²) in [6, 6.07) is -0.264. The van der Waals surface area contributed by atoms with Gasteiger partial charge in [0.1, 0.15) is 0 Å².